The van der Waals surface area contributed by atoms with E-state index in [0.717, 1.165) is 28.6 Å². The van der Waals surface area contributed by atoms with Crippen LogP contribution < -0.4 is 9.80 Å². The zero-order valence-electron chi connectivity index (χ0n) is 18.6. The van der Waals surface area contributed by atoms with Crippen molar-refractivity contribution in [3.05, 3.63) is 121 Å². The maximum atomic E-state index is 6.26. The van der Waals surface area contributed by atoms with Crippen molar-refractivity contribution in [1.82, 2.24) is 0 Å². The van der Waals surface area contributed by atoms with E-state index in [4.69, 9.17) is 4.42 Å². The maximum Gasteiger partial charge on any atom is 0.136 e. The molecule has 0 saturated carbocycles. The van der Waals surface area contributed by atoms with Gasteiger partial charge in [0, 0.05) is 22.0 Å². The number of para-hydroxylation sites is 4. The van der Waals surface area contributed by atoms with Gasteiger partial charge in [-0.2, -0.15) is 0 Å². The minimum Gasteiger partial charge on any atom is -0.456 e. The molecule has 0 radical (unpaired) electrons. The number of benzene rings is 5. The van der Waals surface area contributed by atoms with E-state index in [2.05, 4.69) is 119 Å². The summed E-state index contributed by atoms with van der Waals surface area (Å²) in [6.45, 7) is 0.741. The molecule has 7 rings (SSSR count). The molecule has 0 atom stereocenters. The third-order valence-electron chi connectivity index (χ3n) is 6.69. The molecule has 162 valence electrons. The van der Waals surface area contributed by atoms with Gasteiger partial charge in [-0.3, -0.25) is 0 Å². The van der Waals surface area contributed by atoms with E-state index < -0.39 is 0 Å². The van der Waals surface area contributed by atoms with Gasteiger partial charge in [0.2, 0.25) is 0 Å². The van der Waals surface area contributed by atoms with E-state index in [1.165, 1.54) is 33.9 Å². The molecule has 3 heteroatoms. The zero-order chi connectivity index (χ0) is 22.5. The van der Waals surface area contributed by atoms with Crippen LogP contribution in [-0.4, -0.2) is 6.67 Å². The molecule has 6 aromatic rings. The molecule has 0 spiro atoms. The standard InChI is InChI=1S/C31H22N2O/c1-3-11-22(12-4-1)30-27(19-20-29-31(30)24-15-7-10-18-28(24)34-29)33-21-32(23-13-5-2-6-14-23)25-16-8-9-17-26(25)33/h1-20H,21H2. The number of rotatable bonds is 3. The van der Waals surface area contributed by atoms with Gasteiger partial charge in [0.05, 0.1) is 17.1 Å². The van der Waals surface area contributed by atoms with Gasteiger partial charge in [-0.15, -0.1) is 0 Å². The van der Waals surface area contributed by atoms with Crippen LogP contribution in [0.1, 0.15) is 0 Å². The predicted octanol–water partition coefficient (Wildman–Crippen LogP) is 8.50. The summed E-state index contributed by atoms with van der Waals surface area (Å²) < 4.78 is 6.26. The summed E-state index contributed by atoms with van der Waals surface area (Å²) in [5, 5.41) is 2.31. The first-order valence-corrected chi connectivity index (χ1v) is 11.6. The summed E-state index contributed by atoms with van der Waals surface area (Å²) in [5.41, 5.74) is 9.00. The lowest BCUT2D eigenvalue weighted by Gasteiger charge is -2.25. The minimum atomic E-state index is 0.741. The molecular weight excluding hydrogens is 416 g/mol. The molecule has 1 aliphatic heterocycles. The van der Waals surface area contributed by atoms with Crippen LogP contribution >= 0.6 is 0 Å². The smallest absolute Gasteiger partial charge is 0.136 e. The van der Waals surface area contributed by atoms with Crippen LogP contribution in [0.15, 0.2) is 126 Å². The lowest BCUT2D eigenvalue weighted by molar-refractivity contribution is 0.669. The number of anilines is 4. The van der Waals surface area contributed by atoms with Gasteiger partial charge in [0.15, 0.2) is 0 Å². The molecule has 0 saturated heterocycles. The molecule has 34 heavy (non-hydrogen) atoms. The lowest BCUT2D eigenvalue weighted by atomic mass is 9.96. The summed E-state index contributed by atoms with van der Waals surface area (Å²) in [5.74, 6) is 0. The van der Waals surface area contributed by atoms with Crippen LogP contribution in [0.5, 0.6) is 0 Å². The van der Waals surface area contributed by atoms with Crippen LogP contribution in [0.3, 0.4) is 0 Å². The molecule has 0 N–H and O–H groups in total. The molecule has 0 aliphatic carbocycles. The van der Waals surface area contributed by atoms with E-state index in [9.17, 15) is 0 Å². The van der Waals surface area contributed by atoms with Crippen LogP contribution in [0.4, 0.5) is 22.7 Å². The summed E-state index contributed by atoms with van der Waals surface area (Å²) in [6, 6.07) is 42.6. The average molecular weight is 439 g/mol. The van der Waals surface area contributed by atoms with E-state index in [0.29, 0.717) is 0 Å². The van der Waals surface area contributed by atoms with E-state index >= 15 is 0 Å². The Kier molecular flexibility index (Phi) is 4.21. The molecule has 5 aromatic carbocycles. The summed E-state index contributed by atoms with van der Waals surface area (Å²) in [6.07, 6.45) is 0. The van der Waals surface area contributed by atoms with Crippen molar-refractivity contribution in [2.75, 3.05) is 16.5 Å². The van der Waals surface area contributed by atoms with Gasteiger partial charge in [-0.1, -0.05) is 78.9 Å². The zero-order valence-corrected chi connectivity index (χ0v) is 18.6. The highest BCUT2D eigenvalue weighted by Crippen LogP contribution is 2.49. The largest absolute Gasteiger partial charge is 0.456 e. The van der Waals surface area contributed by atoms with Gasteiger partial charge in [-0.05, 0) is 48.0 Å². The first-order chi connectivity index (χ1) is 16.9. The SMILES string of the molecule is c1ccc(-c2c(N3CN(c4ccccc4)c4ccccc43)ccc3oc4ccccc4c23)cc1. The van der Waals surface area contributed by atoms with Crippen molar-refractivity contribution in [2.24, 2.45) is 0 Å². The maximum absolute atomic E-state index is 6.26. The van der Waals surface area contributed by atoms with Crippen LogP contribution in [0.25, 0.3) is 33.1 Å². The fourth-order valence-corrected chi connectivity index (χ4v) is 5.18. The van der Waals surface area contributed by atoms with E-state index in [1.807, 2.05) is 12.1 Å². The van der Waals surface area contributed by atoms with Gasteiger partial charge in [-0.25, -0.2) is 0 Å². The van der Waals surface area contributed by atoms with Crippen molar-refractivity contribution in [3.63, 3.8) is 0 Å². The van der Waals surface area contributed by atoms with Crippen molar-refractivity contribution in [2.45, 2.75) is 0 Å². The number of furan rings is 1. The Bertz CT molecular complexity index is 1640. The normalized spacial score (nSPS) is 13.1. The minimum absolute atomic E-state index is 0.741. The van der Waals surface area contributed by atoms with Crippen LogP contribution in [-0.2, 0) is 0 Å². The Hall–Kier alpha value is -4.50. The Morgan fingerprint density at radius 2 is 1.15 bits per heavy atom. The lowest BCUT2D eigenvalue weighted by Crippen LogP contribution is -2.24. The molecule has 3 nitrogen and oxygen atoms in total. The number of hydrogen-bond donors (Lipinski definition) is 0. The van der Waals surface area contributed by atoms with Crippen molar-refractivity contribution < 1.29 is 4.42 Å². The van der Waals surface area contributed by atoms with Gasteiger partial charge in [0.1, 0.15) is 17.8 Å². The summed E-state index contributed by atoms with van der Waals surface area (Å²) in [7, 11) is 0. The highest BCUT2D eigenvalue weighted by Gasteiger charge is 2.30. The second kappa shape index (κ2) is 7.53. The fraction of sp³-hybridized carbons (Fsp3) is 0.0323. The monoisotopic (exact) mass is 438 g/mol. The van der Waals surface area contributed by atoms with Crippen molar-refractivity contribution in [3.8, 4) is 11.1 Å². The Morgan fingerprint density at radius 1 is 0.500 bits per heavy atom. The molecule has 1 aromatic heterocycles. The van der Waals surface area contributed by atoms with Crippen molar-refractivity contribution >= 4 is 44.7 Å². The molecule has 1 aliphatic rings. The molecule has 0 bridgehead atoms. The highest BCUT2D eigenvalue weighted by molar-refractivity contribution is 6.16. The van der Waals surface area contributed by atoms with Gasteiger partial charge >= 0.3 is 0 Å². The number of nitrogens with zero attached hydrogens (tertiary/aromatic N) is 2. The number of fused-ring (bicyclic) bond motifs is 4. The Labute approximate surface area is 198 Å². The quantitative estimate of drug-likeness (QED) is 0.276. The van der Waals surface area contributed by atoms with Gasteiger partial charge < -0.3 is 14.2 Å². The van der Waals surface area contributed by atoms with Crippen molar-refractivity contribution in [1.29, 1.82) is 0 Å². The first kappa shape index (κ1) is 19.0. The molecular formula is C31H22N2O. The third kappa shape index (κ3) is 2.84. The van der Waals surface area contributed by atoms with Crippen LogP contribution in [0.2, 0.25) is 0 Å². The van der Waals surface area contributed by atoms with Gasteiger partial charge in [0.25, 0.3) is 0 Å². The summed E-state index contributed by atoms with van der Waals surface area (Å²) in [4.78, 5) is 4.80. The first-order valence-electron chi connectivity index (χ1n) is 11.6. The number of hydrogen-bond acceptors (Lipinski definition) is 3. The third-order valence-corrected chi connectivity index (χ3v) is 6.69. The molecule has 0 fully saturated rings. The van der Waals surface area contributed by atoms with E-state index in [-0.39, 0.29) is 0 Å². The predicted molar refractivity (Wildman–Crippen MR) is 141 cm³/mol. The summed E-state index contributed by atoms with van der Waals surface area (Å²) >= 11 is 0. The second-order valence-corrected chi connectivity index (χ2v) is 8.62. The van der Waals surface area contributed by atoms with Crippen LogP contribution in [0, 0.1) is 0 Å². The molecule has 0 unspecified atom stereocenters. The second-order valence-electron chi connectivity index (χ2n) is 8.62. The Balaban J connectivity index is 1.51. The fourth-order valence-electron chi connectivity index (χ4n) is 5.18. The molecule has 2 heterocycles. The highest BCUT2D eigenvalue weighted by atomic mass is 16.3. The topological polar surface area (TPSA) is 19.6 Å². The Morgan fingerprint density at radius 3 is 1.94 bits per heavy atom. The van der Waals surface area contributed by atoms with E-state index in [1.54, 1.807) is 0 Å². The average Bonchev–Trinajstić information content (AvgIpc) is 3.48. The molecule has 0 amide bonds.